The van der Waals surface area contributed by atoms with Gasteiger partial charge in [0.05, 0.1) is 0 Å². The van der Waals surface area contributed by atoms with Crippen LogP contribution in [-0.2, 0) is 0 Å². The van der Waals surface area contributed by atoms with E-state index >= 15 is 0 Å². The second-order valence-corrected chi connectivity index (χ2v) is 4.61. The van der Waals surface area contributed by atoms with E-state index in [-0.39, 0.29) is 18.5 Å². The van der Waals surface area contributed by atoms with Gasteiger partial charge in [-0.25, -0.2) is 0 Å². The molecule has 1 atom stereocenters. The van der Waals surface area contributed by atoms with Gasteiger partial charge in [-0.2, -0.15) is 13.2 Å². The lowest BCUT2D eigenvalue weighted by molar-refractivity contribution is -0.183. The smallest absolute Gasteiger partial charge is 0.329 e. The first-order valence-electron chi connectivity index (χ1n) is 5.38. The van der Waals surface area contributed by atoms with Gasteiger partial charge in [-0.05, 0) is 18.8 Å². The molecular formula is C10H19F3N2. The number of nitrogens with two attached hydrogens (primary N) is 1. The summed E-state index contributed by atoms with van der Waals surface area (Å²) in [5.74, 6) is 0.238. The monoisotopic (exact) mass is 224 g/mol. The first-order valence-corrected chi connectivity index (χ1v) is 5.38. The molecule has 90 valence electrons. The van der Waals surface area contributed by atoms with Crippen molar-refractivity contribution in [2.45, 2.75) is 44.9 Å². The van der Waals surface area contributed by atoms with Gasteiger partial charge in [0.1, 0.15) is 6.04 Å². The lowest BCUT2D eigenvalue weighted by atomic mass is 10.1. The molecule has 0 aromatic heterocycles. The SMILES string of the molecule is CC(C)CN(C1CC1)C(CN)C(F)(F)F. The minimum atomic E-state index is -4.20. The Kier molecular flexibility index (Phi) is 4.00. The van der Waals surface area contributed by atoms with Crippen molar-refractivity contribution in [1.82, 2.24) is 4.90 Å². The molecule has 0 amide bonds. The number of halogens is 3. The molecule has 0 bridgehead atoms. The third-order valence-corrected chi connectivity index (χ3v) is 2.59. The molecular weight excluding hydrogens is 205 g/mol. The van der Waals surface area contributed by atoms with Gasteiger partial charge in [0.2, 0.25) is 0 Å². The Morgan fingerprint density at radius 1 is 1.33 bits per heavy atom. The fourth-order valence-electron chi connectivity index (χ4n) is 1.82. The maximum Gasteiger partial charge on any atom is 0.405 e. The summed E-state index contributed by atoms with van der Waals surface area (Å²) in [6.45, 7) is 4.00. The highest BCUT2D eigenvalue weighted by molar-refractivity contribution is 4.92. The van der Waals surface area contributed by atoms with Crippen LogP contribution < -0.4 is 5.73 Å². The van der Waals surface area contributed by atoms with E-state index in [1.54, 1.807) is 0 Å². The van der Waals surface area contributed by atoms with Crippen molar-refractivity contribution in [2.24, 2.45) is 11.7 Å². The zero-order valence-corrected chi connectivity index (χ0v) is 9.22. The van der Waals surface area contributed by atoms with Crippen molar-refractivity contribution in [1.29, 1.82) is 0 Å². The largest absolute Gasteiger partial charge is 0.405 e. The zero-order valence-electron chi connectivity index (χ0n) is 9.22. The Balaban J connectivity index is 2.67. The summed E-state index contributed by atoms with van der Waals surface area (Å²) < 4.78 is 38.1. The Labute approximate surface area is 88.6 Å². The molecule has 5 heteroatoms. The lowest BCUT2D eigenvalue weighted by Crippen LogP contribution is -2.52. The minimum Gasteiger partial charge on any atom is -0.329 e. The van der Waals surface area contributed by atoms with Crippen molar-refractivity contribution in [2.75, 3.05) is 13.1 Å². The fourth-order valence-corrected chi connectivity index (χ4v) is 1.82. The predicted octanol–water partition coefficient (Wildman–Crippen LogP) is 2.00. The third-order valence-electron chi connectivity index (χ3n) is 2.59. The number of rotatable bonds is 5. The van der Waals surface area contributed by atoms with Gasteiger partial charge in [0, 0.05) is 19.1 Å². The van der Waals surface area contributed by atoms with Crippen LogP contribution in [0.3, 0.4) is 0 Å². The van der Waals surface area contributed by atoms with Gasteiger partial charge in [-0.1, -0.05) is 13.8 Å². The van der Waals surface area contributed by atoms with Gasteiger partial charge in [-0.15, -0.1) is 0 Å². The van der Waals surface area contributed by atoms with Crippen LogP contribution in [0.5, 0.6) is 0 Å². The molecule has 15 heavy (non-hydrogen) atoms. The molecule has 1 aliphatic carbocycles. The molecule has 1 fully saturated rings. The van der Waals surface area contributed by atoms with Crippen LogP contribution in [0, 0.1) is 5.92 Å². The number of hydrogen-bond donors (Lipinski definition) is 1. The zero-order chi connectivity index (χ0) is 11.6. The average molecular weight is 224 g/mol. The van der Waals surface area contributed by atoms with Crippen LogP contribution in [0.4, 0.5) is 13.2 Å². The standard InChI is InChI=1S/C10H19F3N2/c1-7(2)6-15(8-3-4-8)9(5-14)10(11,12)13/h7-9H,3-6,14H2,1-2H3. The molecule has 1 saturated carbocycles. The van der Waals surface area contributed by atoms with E-state index in [9.17, 15) is 13.2 Å². The summed E-state index contributed by atoms with van der Waals surface area (Å²) in [7, 11) is 0. The number of nitrogens with zero attached hydrogens (tertiary/aromatic N) is 1. The van der Waals surface area contributed by atoms with E-state index in [0.717, 1.165) is 12.8 Å². The molecule has 0 heterocycles. The summed E-state index contributed by atoms with van der Waals surface area (Å²) in [4.78, 5) is 1.53. The third kappa shape index (κ3) is 3.65. The number of alkyl halides is 3. The minimum absolute atomic E-state index is 0.0996. The normalized spacial score (nSPS) is 20.0. The summed E-state index contributed by atoms with van der Waals surface area (Å²) >= 11 is 0. The Hall–Kier alpha value is -0.290. The van der Waals surface area contributed by atoms with Crippen molar-refractivity contribution in [3.05, 3.63) is 0 Å². The Bertz CT molecular complexity index is 199. The van der Waals surface area contributed by atoms with E-state index in [2.05, 4.69) is 0 Å². The maximum atomic E-state index is 12.7. The second kappa shape index (κ2) is 4.70. The fraction of sp³-hybridized carbons (Fsp3) is 1.00. The summed E-state index contributed by atoms with van der Waals surface area (Å²) in [5, 5.41) is 0. The summed E-state index contributed by atoms with van der Waals surface area (Å²) in [6, 6.07) is -1.37. The van der Waals surface area contributed by atoms with E-state index in [0.29, 0.717) is 6.54 Å². The number of hydrogen-bond acceptors (Lipinski definition) is 2. The Morgan fingerprint density at radius 3 is 2.13 bits per heavy atom. The first kappa shape index (κ1) is 12.8. The average Bonchev–Trinajstić information content (AvgIpc) is 2.82. The van der Waals surface area contributed by atoms with Crippen molar-refractivity contribution >= 4 is 0 Å². The van der Waals surface area contributed by atoms with E-state index in [4.69, 9.17) is 5.73 Å². The molecule has 1 aliphatic rings. The topological polar surface area (TPSA) is 29.3 Å². The van der Waals surface area contributed by atoms with Crippen LogP contribution in [0.1, 0.15) is 26.7 Å². The highest BCUT2D eigenvalue weighted by Gasteiger charge is 2.47. The summed E-state index contributed by atoms with van der Waals surface area (Å²) in [6.07, 6.45) is -2.45. The first-order chi connectivity index (χ1) is 6.86. The van der Waals surface area contributed by atoms with Gasteiger partial charge in [-0.3, -0.25) is 4.90 Å². The molecule has 0 aromatic rings. The lowest BCUT2D eigenvalue weighted by Gasteiger charge is -2.33. The molecule has 1 unspecified atom stereocenters. The molecule has 0 saturated heterocycles. The predicted molar refractivity (Wildman–Crippen MR) is 53.5 cm³/mol. The molecule has 2 nitrogen and oxygen atoms in total. The highest BCUT2D eigenvalue weighted by Crippen LogP contribution is 2.34. The van der Waals surface area contributed by atoms with Gasteiger partial charge < -0.3 is 5.73 Å². The van der Waals surface area contributed by atoms with Crippen LogP contribution in [0.15, 0.2) is 0 Å². The van der Waals surface area contributed by atoms with Gasteiger partial charge >= 0.3 is 6.18 Å². The quantitative estimate of drug-likeness (QED) is 0.774. The van der Waals surface area contributed by atoms with Crippen molar-refractivity contribution < 1.29 is 13.2 Å². The van der Waals surface area contributed by atoms with Crippen LogP contribution in [0.25, 0.3) is 0 Å². The molecule has 0 aliphatic heterocycles. The van der Waals surface area contributed by atoms with Crippen LogP contribution in [0.2, 0.25) is 0 Å². The Morgan fingerprint density at radius 2 is 1.87 bits per heavy atom. The van der Waals surface area contributed by atoms with Crippen LogP contribution >= 0.6 is 0 Å². The second-order valence-electron chi connectivity index (χ2n) is 4.61. The van der Waals surface area contributed by atoms with E-state index < -0.39 is 12.2 Å². The maximum absolute atomic E-state index is 12.7. The molecule has 0 aromatic carbocycles. The van der Waals surface area contributed by atoms with E-state index in [1.807, 2.05) is 13.8 Å². The van der Waals surface area contributed by atoms with Crippen LogP contribution in [-0.4, -0.2) is 36.2 Å². The van der Waals surface area contributed by atoms with Gasteiger partial charge in [0.25, 0.3) is 0 Å². The molecule has 0 spiro atoms. The molecule has 2 N–H and O–H groups in total. The van der Waals surface area contributed by atoms with Crippen molar-refractivity contribution in [3.63, 3.8) is 0 Å². The molecule has 0 radical (unpaired) electrons. The van der Waals surface area contributed by atoms with E-state index in [1.165, 1.54) is 4.90 Å². The molecule has 1 rings (SSSR count). The summed E-state index contributed by atoms with van der Waals surface area (Å²) in [5.41, 5.74) is 5.24. The van der Waals surface area contributed by atoms with Gasteiger partial charge in [0.15, 0.2) is 0 Å². The highest BCUT2D eigenvalue weighted by atomic mass is 19.4. The van der Waals surface area contributed by atoms with Crippen molar-refractivity contribution in [3.8, 4) is 0 Å².